The number of nitrogens with zero attached hydrogens (tertiary/aromatic N) is 1. The predicted octanol–water partition coefficient (Wildman–Crippen LogP) is 2.01. The van der Waals surface area contributed by atoms with Gasteiger partial charge in [-0.15, -0.1) is 0 Å². The molecule has 0 bridgehead atoms. The van der Waals surface area contributed by atoms with Gasteiger partial charge in [-0.05, 0) is 42.8 Å². The third kappa shape index (κ3) is 4.12. The van der Waals surface area contributed by atoms with Gasteiger partial charge in [0.05, 0.1) is 12.3 Å². The number of hydrogen-bond acceptors (Lipinski definition) is 5. The van der Waals surface area contributed by atoms with E-state index in [1.54, 1.807) is 43.3 Å². The number of amides is 2. The Morgan fingerprint density at radius 2 is 1.86 bits per heavy atom. The quantitative estimate of drug-likeness (QED) is 0.561. The van der Waals surface area contributed by atoms with Gasteiger partial charge in [0.15, 0.2) is 18.1 Å². The number of carbonyl (C=O) groups excluding carboxylic acids is 2. The monoisotopic (exact) mass is 382 g/mol. The van der Waals surface area contributed by atoms with Crippen LogP contribution in [0.5, 0.6) is 11.5 Å². The molecule has 0 radical (unpaired) electrons. The minimum Gasteiger partial charge on any atom is -0.490 e. The molecule has 8 heteroatoms. The first-order valence-corrected chi connectivity index (χ1v) is 8.53. The highest BCUT2D eigenvalue weighted by molar-refractivity contribution is 6.31. The lowest BCUT2D eigenvalue weighted by Gasteiger charge is -2.14. The third-order valence-corrected chi connectivity index (χ3v) is 3.84. The molecule has 0 aliphatic carbocycles. The molecule has 2 N–H and O–H groups in total. The second kappa shape index (κ2) is 8.26. The van der Waals surface area contributed by atoms with Crippen LogP contribution in [0.3, 0.4) is 0 Å². The summed E-state index contributed by atoms with van der Waals surface area (Å²) < 4.78 is 10.7. The SMILES string of the molecule is CCOc1cc(/C=C2/C(=O)NN(c3ccccc3)C2=O)ccc1OCC(=O)O. The second-order valence-electron chi connectivity index (χ2n) is 5.80. The Hall–Kier alpha value is -3.81. The van der Waals surface area contributed by atoms with Crippen molar-refractivity contribution in [3.63, 3.8) is 0 Å². The van der Waals surface area contributed by atoms with Gasteiger partial charge in [0.1, 0.15) is 5.57 Å². The normalized spacial score (nSPS) is 14.9. The van der Waals surface area contributed by atoms with E-state index in [1.807, 2.05) is 6.07 Å². The summed E-state index contributed by atoms with van der Waals surface area (Å²) in [5.74, 6) is -1.51. The molecule has 0 aromatic heterocycles. The molecular formula is C20H18N2O6. The molecule has 2 aromatic carbocycles. The average Bonchev–Trinajstić information content (AvgIpc) is 2.96. The van der Waals surface area contributed by atoms with Gasteiger partial charge >= 0.3 is 5.97 Å². The van der Waals surface area contributed by atoms with E-state index in [9.17, 15) is 14.4 Å². The summed E-state index contributed by atoms with van der Waals surface area (Å²) in [6, 6.07) is 13.5. The summed E-state index contributed by atoms with van der Waals surface area (Å²) in [6.45, 7) is 1.61. The second-order valence-corrected chi connectivity index (χ2v) is 5.80. The van der Waals surface area contributed by atoms with E-state index in [0.29, 0.717) is 23.6 Å². The van der Waals surface area contributed by atoms with Gasteiger partial charge in [-0.2, -0.15) is 0 Å². The van der Waals surface area contributed by atoms with Crippen molar-refractivity contribution in [3.05, 3.63) is 59.7 Å². The van der Waals surface area contributed by atoms with E-state index >= 15 is 0 Å². The molecule has 3 rings (SSSR count). The van der Waals surface area contributed by atoms with E-state index in [4.69, 9.17) is 14.6 Å². The van der Waals surface area contributed by atoms with Crippen LogP contribution in [-0.4, -0.2) is 36.1 Å². The Morgan fingerprint density at radius 1 is 1.11 bits per heavy atom. The summed E-state index contributed by atoms with van der Waals surface area (Å²) in [4.78, 5) is 35.6. The molecule has 0 spiro atoms. The molecule has 0 saturated carbocycles. The molecule has 1 aliphatic rings. The maximum absolute atomic E-state index is 12.6. The lowest BCUT2D eigenvalue weighted by atomic mass is 10.1. The number of anilines is 1. The van der Waals surface area contributed by atoms with E-state index in [-0.39, 0.29) is 11.3 Å². The molecule has 2 aromatic rings. The Kier molecular flexibility index (Phi) is 5.59. The zero-order chi connectivity index (χ0) is 20.1. The largest absolute Gasteiger partial charge is 0.490 e. The lowest BCUT2D eigenvalue weighted by Crippen LogP contribution is -2.35. The van der Waals surface area contributed by atoms with Crippen LogP contribution in [0.25, 0.3) is 6.08 Å². The first kappa shape index (κ1) is 19.0. The summed E-state index contributed by atoms with van der Waals surface area (Å²) in [6.07, 6.45) is 1.45. The van der Waals surface area contributed by atoms with Gasteiger partial charge in [0.25, 0.3) is 11.8 Å². The zero-order valence-electron chi connectivity index (χ0n) is 15.0. The highest BCUT2D eigenvalue weighted by atomic mass is 16.5. The van der Waals surface area contributed by atoms with Gasteiger partial charge in [-0.3, -0.25) is 15.0 Å². The van der Waals surface area contributed by atoms with Crippen LogP contribution < -0.4 is 19.9 Å². The lowest BCUT2D eigenvalue weighted by molar-refractivity contribution is -0.139. The molecule has 0 unspecified atom stereocenters. The zero-order valence-corrected chi connectivity index (χ0v) is 15.0. The number of ether oxygens (including phenoxy) is 2. The van der Waals surface area contributed by atoms with Crippen molar-refractivity contribution >= 4 is 29.5 Å². The number of nitrogens with one attached hydrogen (secondary N) is 1. The van der Waals surface area contributed by atoms with Crippen molar-refractivity contribution in [2.45, 2.75) is 6.92 Å². The minimum absolute atomic E-state index is 0.0227. The summed E-state index contributed by atoms with van der Waals surface area (Å²) >= 11 is 0. The predicted molar refractivity (Wildman–Crippen MR) is 101 cm³/mol. The molecule has 8 nitrogen and oxygen atoms in total. The number of rotatable bonds is 7. The number of para-hydroxylation sites is 1. The molecule has 144 valence electrons. The number of carboxylic acids is 1. The van der Waals surface area contributed by atoms with Crippen molar-refractivity contribution < 1.29 is 29.0 Å². The Morgan fingerprint density at radius 3 is 2.54 bits per heavy atom. The van der Waals surface area contributed by atoms with Crippen molar-refractivity contribution in [2.24, 2.45) is 0 Å². The molecule has 2 amide bonds. The maximum atomic E-state index is 12.6. The first-order valence-electron chi connectivity index (χ1n) is 8.53. The highest BCUT2D eigenvalue weighted by Gasteiger charge is 2.34. The molecular weight excluding hydrogens is 364 g/mol. The smallest absolute Gasteiger partial charge is 0.341 e. The molecule has 28 heavy (non-hydrogen) atoms. The summed E-state index contributed by atoms with van der Waals surface area (Å²) in [5, 5.41) is 9.94. The van der Waals surface area contributed by atoms with Crippen LogP contribution in [0, 0.1) is 0 Å². The fourth-order valence-electron chi connectivity index (χ4n) is 2.62. The van der Waals surface area contributed by atoms with E-state index < -0.39 is 24.4 Å². The highest BCUT2D eigenvalue weighted by Crippen LogP contribution is 2.30. The Labute approximate surface area is 160 Å². The van der Waals surface area contributed by atoms with Crippen molar-refractivity contribution in [3.8, 4) is 11.5 Å². The molecule has 1 heterocycles. The number of carbonyl (C=O) groups is 3. The van der Waals surface area contributed by atoms with Gasteiger partial charge in [-0.1, -0.05) is 24.3 Å². The molecule has 1 fully saturated rings. The molecule has 0 atom stereocenters. The van der Waals surface area contributed by atoms with Gasteiger partial charge in [0, 0.05) is 0 Å². The Bertz CT molecular complexity index is 939. The van der Waals surface area contributed by atoms with Crippen LogP contribution in [0.2, 0.25) is 0 Å². The maximum Gasteiger partial charge on any atom is 0.341 e. The van der Waals surface area contributed by atoms with Crippen molar-refractivity contribution in [1.29, 1.82) is 0 Å². The summed E-state index contributed by atoms with van der Waals surface area (Å²) in [5.41, 5.74) is 3.60. The van der Waals surface area contributed by atoms with Crippen LogP contribution in [0.1, 0.15) is 12.5 Å². The van der Waals surface area contributed by atoms with Crippen LogP contribution >= 0.6 is 0 Å². The fraction of sp³-hybridized carbons (Fsp3) is 0.150. The topological polar surface area (TPSA) is 105 Å². The number of aliphatic carboxylic acids is 1. The van der Waals surface area contributed by atoms with Crippen LogP contribution in [-0.2, 0) is 14.4 Å². The van der Waals surface area contributed by atoms with Crippen molar-refractivity contribution in [2.75, 3.05) is 18.2 Å². The van der Waals surface area contributed by atoms with Crippen LogP contribution in [0.15, 0.2) is 54.1 Å². The first-order chi connectivity index (χ1) is 13.5. The summed E-state index contributed by atoms with van der Waals surface area (Å²) in [7, 11) is 0. The van der Waals surface area contributed by atoms with Crippen LogP contribution in [0.4, 0.5) is 5.69 Å². The van der Waals surface area contributed by atoms with E-state index in [2.05, 4.69) is 5.43 Å². The van der Waals surface area contributed by atoms with Gasteiger partial charge in [0.2, 0.25) is 0 Å². The standard InChI is InChI=1S/C20H18N2O6/c1-2-27-17-11-13(8-9-16(17)28-12-18(23)24)10-15-19(25)21-22(20(15)26)14-6-4-3-5-7-14/h3-11H,2,12H2,1H3,(H,21,25)(H,23,24)/b15-10-. The molecule has 1 aliphatic heterocycles. The number of hydrogen-bond donors (Lipinski definition) is 2. The average molecular weight is 382 g/mol. The van der Waals surface area contributed by atoms with E-state index in [1.165, 1.54) is 17.2 Å². The minimum atomic E-state index is -1.11. The number of hydrazine groups is 1. The van der Waals surface area contributed by atoms with Gasteiger partial charge < -0.3 is 14.6 Å². The van der Waals surface area contributed by atoms with Crippen molar-refractivity contribution in [1.82, 2.24) is 5.43 Å². The number of benzene rings is 2. The van der Waals surface area contributed by atoms with E-state index in [0.717, 1.165) is 0 Å². The fourth-order valence-corrected chi connectivity index (χ4v) is 2.62. The number of carboxylic acid groups (broad SMARTS) is 1. The van der Waals surface area contributed by atoms with Gasteiger partial charge in [-0.25, -0.2) is 9.80 Å². The Balaban J connectivity index is 1.87. The molecule has 1 saturated heterocycles. The third-order valence-electron chi connectivity index (χ3n) is 3.84.